The second-order valence-electron chi connectivity index (χ2n) is 12.8. The number of thiazole rings is 1. The van der Waals surface area contributed by atoms with E-state index in [1.54, 1.807) is 11.3 Å². The van der Waals surface area contributed by atoms with Crippen LogP contribution in [-0.2, 0) is 0 Å². The lowest BCUT2D eigenvalue weighted by molar-refractivity contribution is 0.669. The summed E-state index contributed by atoms with van der Waals surface area (Å²) in [7, 11) is 0. The van der Waals surface area contributed by atoms with Crippen LogP contribution in [0.4, 0.5) is 0 Å². The SMILES string of the molecule is c1ccc(-c2cc(-c3ccc4oc5ccccc5c4c3)cc(-c3ccc4ccc5ccc6c(sc7nc8ccccc8n76)c5c4c3)c2)cc1. The highest BCUT2D eigenvalue weighted by atomic mass is 32.1. The van der Waals surface area contributed by atoms with Gasteiger partial charge in [0.2, 0.25) is 0 Å². The highest BCUT2D eigenvalue weighted by molar-refractivity contribution is 7.24. The van der Waals surface area contributed by atoms with Crippen molar-refractivity contribution in [2.24, 2.45) is 0 Å². The summed E-state index contributed by atoms with van der Waals surface area (Å²) in [6.07, 6.45) is 0. The van der Waals surface area contributed by atoms with E-state index in [1.807, 2.05) is 12.1 Å². The first-order valence-electron chi connectivity index (χ1n) is 16.5. The van der Waals surface area contributed by atoms with Gasteiger partial charge in [0.15, 0.2) is 4.96 Å². The molecule has 49 heavy (non-hydrogen) atoms. The minimum absolute atomic E-state index is 0.908. The van der Waals surface area contributed by atoms with E-state index in [2.05, 4.69) is 150 Å². The first-order chi connectivity index (χ1) is 24.2. The van der Waals surface area contributed by atoms with Crippen molar-refractivity contribution in [2.75, 3.05) is 0 Å². The number of hydrogen-bond acceptors (Lipinski definition) is 3. The van der Waals surface area contributed by atoms with Gasteiger partial charge < -0.3 is 4.42 Å². The molecule has 0 spiro atoms. The number of rotatable bonds is 3. The van der Waals surface area contributed by atoms with Crippen LogP contribution in [0.5, 0.6) is 0 Å². The fraction of sp³-hybridized carbons (Fsp3) is 0. The van der Waals surface area contributed by atoms with E-state index in [9.17, 15) is 0 Å². The quantitative estimate of drug-likeness (QED) is 0.180. The molecule has 0 aliphatic carbocycles. The number of para-hydroxylation sites is 3. The molecule has 0 saturated heterocycles. The average molecular weight is 643 g/mol. The average Bonchev–Trinajstić information content (AvgIpc) is 3.84. The van der Waals surface area contributed by atoms with Crippen LogP contribution < -0.4 is 0 Å². The zero-order valence-corrected chi connectivity index (χ0v) is 27.0. The summed E-state index contributed by atoms with van der Waals surface area (Å²) >= 11 is 1.78. The third-order valence-electron chi connectivity index (χ3n) is 9.98. The molecule has 0 fully saturated rings. The number of hydrogen-bond donors (Lipinski definition) is 0. The van der Waals surface area contributed by atoms with Crippen molar-refractivity contribution in [3.63, 3.8) is 0 Å². The molecule has 3 aromatic heterocycles. The van der Waals surface area contributed by atoms with E-state index in [1.165, 1.54) is 65.1 Å². The topological polar surface area (TPSA) is 30.4 Å². The van der Waals surface area contributed by atoms with E-state index in [4.69, 9.17) is 9.40 Å². The third kappa shape index (κ3) is 4.05. The van der Waals surface area contributed by atoms with Crippen molar-refractivity contribution in [1.29, 1.82) is 0 Å². The Hall–Kier alpha value is -6.23. The summed E-state index contributed by atoms with van der Waals surface area (Å²) in [6, 6.07) is 56.8. The van der Waals surface area contributed by atoms with Crippen LogP contribution in [0.15, 0.2) is 162 Å². The molecule has 3 nitrogen and oxygen atoms in total. The maximum absolute atomic E-state index is 6.17. The van der Waals surface area contributed by atoms with E-state index in [0.717, 1.165) is 37.9 Å². The Kier molecular flexibility index (Phi) is 5.54. The largest absolute Gasteiger partial charge is 0.456 e. The van der Waals surface area contributed by atoms with Gasteiger partial charge in [0.05, 0.1) is 21.3 Å². The first kappa shape index (κ1) is 26.8. The van der Waals surface area contributed by atoms with Crippen molar-refractivity contribution in [3.8, 4) is 33.4 Å². The summed E-state index contributed by atoms with van der Waals surface area (Å²) in [5.41, 5.74) is 12.3. The van der Waals surface area contributed by atoms with Crippen LogP contribution in [0.1, 0.15) is 0 Å². The molecule has 0 unspecified atom stereocenters. The van der Waals surface area contributed by atoms with Gasteiger partial charge in [0.25, 0.3) is 0 Å². The van der Waals surface area contributed by atoms with Crippen LogP contribution in [0.3, 0.4) is 0 Å². The predicted octanol–water partition coefficient (Wildman–Crippen LogP) is 12.9. The normalized spacial score (nSPS) is 12.1. The van der Waals surface area contributed by atoms with Gasteiger partial charge in [-0.25, -0.2) is 4.98 Å². The van der Waals surface area contributed by atoms with Gasteiger partial charge in [-0.15, -0.1) is 0 Å². The molecular formula is C45H26N2OS. The molecule has 4 heteroatoms. The van der Waals surface area contributed by atoms with Gasteiger partial charge in [-0.3, -0.25) is 4.40 Å². The Morgan fingerprint density at radius 2 is 1.10 bits per heavy atom. The number of imidazole rings is 1. The first-order valence-corrected chi connectivity index (χ1v) is 17.3. The minimum atomic E-state index is 0.908. The molecule has 0 aliphatic heterocycles. The van der Waals surface area contributed by atoms with Gasteiger partial charge in [-0.2, -0.15) is 0 Å². The van der Waals surface area contributed by atoms with Crippen molar-refractivity contribution < 1.29 is 4.42 Å². The number of aromatic nitrogens is 2. The molecule has 0 saturated carbocycles. The molecule has 0 bridgehead atoms. The fourth-order valence-electron chi connectivity index (χ4n) is 7.62. The Morgan fingerprint density at radius 3 is 1.98 bits per heavy atom. The van der Waals surface area contributed by atoms with E-state index in [-0.39, 0.29) is 0 Å². The summed E-state index contributed by atoms with van der Waals surface area (Å²) in [4.78, 5) is 6.02. The zero-order valence-electron chi connectivity index (χ0n) is 26.2. The Bertz CT molecular complexity index is 3110. The smallest absolute Gasteiger partial charge is 0.195 e. The second-order valence-corrected chi connectivity index (χ2v) is 13.8. The van der Waals surface area contributed by atoms with E-state index >= 15 is 0 Å². The number of nitrogens with zero attached hydrogens (tertiary/aromatic N) is 2. The second kappa shape index (κ2) is 10.1. The van der Waals surface area contributed by atoms with Crippen molar-refractivity contribution >= 4 is 81.0 Å². The summed E-state index contributed by atoms with van der Waals surface area (Å²) in [5, 5.41) is 7.29. The molecule has 8 aromatic carbocycles. The Balaban J connectivity index is 1.15. The molecule has 11 aromatic rings. The standard InChI is InChI=1S/C45H26N2OS/c1-2-8-27(9-3-1)32-22-33(24-34(23-32)31-19-21-42-37(26-31)35-10-4-7-13-41(35)48-42)30-17-15-28-14-16-29-18-20-40-44(43(29)36(28)25-30)49-45-46-38-11-5-6-12-39(38)47(40)45/h1-26H. The highest BCUT2D eigenvalue weighted by Gasteiger charge is 2.16. The van der Waals surface area contributed by atoms with Crippen molar-refractivity contribution in [1.82, 2.24) is 9.38 Å². The monoisotopic (exact) mass is 642 g/mol. The van der Waals surface area contributed by atoms with Gasteiger partial charge in [-0.1, -0.05) is 108 Å². The third-order valence-corrected chi connectivity index (χ3v) is 11.1. The zero-order chi connectivity index (χ0) is 32.1. The van der Waals surface area contributed by atoms with Crippen molar-refractivity contribution in [2.45, 2.75) is 0 Å². The minimum Gasteiger partial charge on any atom is -0.456 e. The van der Waals surface area contributed by atoms with Gasteiger partial charge in [-0.05, 0) is 110 Å². The molecule has 0 aliphatic rings. The van der Waals surface area contributed by atoms with Crippen LogP contribution in [0.25, 0.3) is 103 Å². The molecule has 0 atom stereocenters. The summed E-state index contributed by atoms with van der Waals surface area (Å²) in [6.45, 7) is 0. The van der Waals surface area contributed by atoms with E-state index < -0.39 is 0 Å². The predicted molar refractivity (Wildman–Crippen MR) is 207 cm³/mol. The van der Waals surface area contributed by atoms with Crippen molar-refractivity contribution in [3.05, 3.63) is 158 Å². The summed E-state index contributed by atoms with van der Waals surface area (Å²) in [5.74, 6) is 0. The van der Waals surface area contributed by atoms with Crippen LogP contribution in [0.2, 0.25) is 0 Å². The fourth-order valence-corrected chi connectivity index (χ4v) is 8.83. The maximum Gasteiger partial charge on any atom is 0.195 e. The van der Waals surface area contributed by atoms with Crippen LogP contribution in [0, 0.1) is 0 Å². The van der Waals surface area contributed by atoms with Gasteiger partial charge in [0.1, 0.15) is 11.2 Å². The molecule has 0 N–H and O–H groups in total. The molecule has 0 amide bonds. The number of benzene rings is 8. The lowest BCUT2D eigenvalue weighted by Crippen LogP contribution is -1.87. The molecule has 11 rings (SSSR count). The maximum atomic E-state index is 6.17. The van der Waals surface area contributed by atoms with Gasteiger partial charge >= 0.3 is 0 Å². The Labute approximate surface area is 284 Å². The summed E-state index contributed by atoms with van der Waals surface area (Å²) < 4.78 is 9.75. The highest BCUT2D eigenvalue weighted by Crippen LogP contribution is 2.41. The lowest BCUT2D eigenvalue weighted by Gasteiger charge is -2.13. The van der Waals surface area contributed by atoms with Crippen LogP contribution >= 0.6 is 11.3 Å². The van der Waals surface area contributed by atoms with Gasteiger partial charge in [0, 0.05) is 16.2 Å². The molecule has 0 radical (unpaired) electrons. The molecule has 228 valence electrons. The molecular weight excluding hydrogens is 617 g/mol. The number of furan rings is 1. The Morgan fingerprint density at radius 1 is 0.449 bits per heavy atom. The molecule has 3 heterocycles. The number of fused-ring (bicyclic) bond motifs is 12. The van der Waals surface area contributed by atoms with Crippen LogP contribution in [-0.4, -0.2) is 9.38 Å². The lowest BCUT2D eigenvalue weighted by atomic mass is 9.91. The van der Waals surface area contributed by atoms with E-state index in [0.29, 0.717) is 0 Å².